The fraction of sp³-hybridized carbons (Fsp3) is 0.538. The fourth-order valence-electron chi connectivity index (χ4n) is 3.38. The standard InChI is InChI=1S/C13H14N4O2/c14-4-9-5-16-11(6-15-9)17-7-8-2-1-3-10(8)12(17)13(18)19/h5-6,8,10,12H,1-3,7H2,(H,18,19). The monoisotopic (exact) mass is 258 g/mol. The zero-order valence-electron chi connectivity index (χ0n) is 10.4. The minimum absolute atomic E-state index is 0.218. The third kappa shape index (κ3) is 1.91. The Morgan fingerprint density at radius 3 is 2.89 bits per heavy atom. The van der Waals surface area contributed by atoms with Crippen molar-refractivity contribution < 1.29 is 9.90 Å². The van der Waals surface area contributed by atoms with Gasteiger partial charge in [-0.1, -0.05) is 6.42 Å². The summed E-state index contributed by atoms with van der Waals surface area (Å²) in [6.07, 6.45) is 6.07. The molecule has 1 aromatic rings. The summed E-state index contributed by atoms with van der Waals surface area (Å²) >= 11 is 0. The van der Waals surface area contributed by atoms with Gasteiger partial charge in [-0.3, -0.25) is 0 Å². The Balaban J connectivity index is 1.90. The number of rotatable bonds is 2. The van der Waals surface area contributed by atoms with Crippen molar-refractivity contribution in [2.45, 2.75) is 25.3 Å². The molecule has 1 saturated carbocycles. The average Bonchev–Trinajstić information content (AvgIpc) is 2.98. The first-order valence-corrected chi connectivity index (χ1v) is 6.42. The molecule has 19 heavy (non-hydrogen) atoms. The smallest absolute Gasteiger partial charge is 0.326 e. The first kappa shape index (κ1) is 11.9. The number of hydrogen-bond donors (Lipinski definition) is 1. The van der Waals surface area contributed by atoms with Gasteiger partial charge in [0.05, 0.1) is 12.4 Å². The zero-order chi connectivity index (χ0) is 13.4. The molecule has 0 spiro atoms. The van der Waals surface area contributed by atoms with Gasteiger partial charge >= 0.3 is 5.97 Å². The van der Waals surface area contributed by atoms with Crippen molar-refractivity contribution in [3.63, 3.8) is 0 Å². The molecule has 6 heteroatoms. The van der Waals surface area contributed by atoms with Crippen LogP contribution in [0.5, 0.6) is 0 Å². The van der Waals surface area contributed by atoms with Gasteiger partial charge in [0.25, 0.3) is 0 Å². The minimum Gasteiger partial charge on any atom is -0.480 e. The van der Waals surface area contributed by atoms with Crippen molar-refractivity contribution in [1.82, 2.24) is 9.97 Å². The van der Waals surface area contributed by atoms with E-state index in [1.165, 1.54) is 12.4 Å². The lowest BCUT2D eigenvalue weighted by atomic mass is 9.94. The summed E-state index contributed by atoms with van der Waals surface area (Å²) in [5.41, 5.74) is 0.245. The van der Waals surface area contributed by atoms with Gasteiger partial charge in [-0.05, 0) is 24.7 Å². The Bertz CT molecular complexity index is 537. The molecule has 98 valence electrons. The van der Waals surface area contributed by atoms with Gasteiger partial charge < -0.3 is 10.0 Å². The van der Waals surface area contributed by atoms with Crippen LogP contribution in [0, 0.1) is 23.2 Å². The molecule has 6 nitrogen and oxygen atoms in total. The van der Waals surface area contributed by atoms with Crippen molar-refractivity contribution >= 4 is 11.8 Å². The number of hydrogen-bond acceptors (Lipinski definition) is 5. The summed E-state index contributed by atoms with van der Waals surface area (Å²) in [6, 6.07) is 1.41. The normalized spacial score (nSPS) is 29.0. The number of aromatic nitrogens is 2. The van der Waals surface area contributed by atoms with Crippen LogP contribution in [0.1, 0.15) is 25.0 Å². The number of anilines is 1. The molecule has 0 aromatic carbocycles. The molecule has 1 aliphatic heterocycles. The number of carboxylic acid groups (broad SMARTS) is 1. The van der Waals surface area contributed by atoms with E-state index in [1.807, 2.05) is 11.0 Å². The van der Waals surface area contributed by atoms with Crippen molar-refractivity contribution in [3.8, 4) is 6.07 Å². The molecule has 1 N–H and O–H groups in total. The SMILES string of the molecule is N#Cc1cnc(N2CC3CCCC3C2C(=O)O)cn1. The van der Waals surface area contributed by atoms with Gasteiger partial charge in [-0.2, -0.15) is 5.26 Å². The molecule has 2 aliphatic rings. The van der Waals surface area contributed by atoms with Gasteiger partial charge in [0, 0.05) is 6.54 Å². The quantitative estimate of drug-likeness (QED) is 0.852. The van der Waals surface area contributed by atoms with Crippen molar-refractivity contribution in [2.24, 2.45) is 11.8 Å². The van der Waals surface area contributed by atoms with E-state index in [0.717, 1.165) is 25.8 Å². The molecule has 3 rings (SSSR count). The number of aliphatic carboxylic acids is 1. The van der Waals surface area contributed by atoms with E-state index in [2.05, 4.69) is 9.97 Å². The highest BCUT2D eigenvalue weighted by Crippen LogP contribution is 2.43. The molecule has 2 heterocycles. The summed E-state index contributed by atoms with van der Waals surface area (Å²) in [5, 5.41) is 18.2. The number of fused-ring (bicyclic) bond motifs is 1. The fourth-order valence-corrected chi connectivity index (χ4v) is 3.38. The molecule has 3 unspecified atom stereocenters. The summed E-state index contributed by atoms with van der Waals surface area (Å²) in [4.78, 5) is 21.5. The second-order valence-electron chi connectivity index (χ2n) is 5.16. The van der Waals surface area contributed by atoms with Crippen LogP contribution in [0.3, 0.4) is 0 Å². The Labute approximate surface area is 110 Å². The Morgan fingerprint density at radius 1 is 1.42 bits per heavy atom. The highest BCUT2D eigenvalue weighted by atomic mass is 16.4. The van der Waals surface area contributed by atoms with Gasteiger partial charge in [0.2, 0.25) is 0 Å². The van der Waals surface area contributed by atoms with Gasteiger partial charge in [0.1, 0.15) is 17.9 Å². The molecule has 1 aliphatic carbocycles. The molecular formula is C13H14N4O2. The maximum absolute atomic E-state index is 11.5. The predicted molar refractivity (Wildman–Crippen MR) is 66.3 cm³/mol. The first-order valence-electron chi connectivity index (χ1n) is 6.42. The van der Waals surface area contributed by atoms with Crippen LogP contribution in [0.25, 0.3) is 0 Å². The predicted octanol–water partition coefficient (Wildman–Crippen LogP) is 1.04. The molecule has 3 atom stereocenters. The topological polar surface area (TPSA) is 90.1 Å². The number of carbonyl (C=O) groups is 1. The molecule has 0 bridgehead atoms. The lowest BCUT2D eigenvalue weighted by Crippen LogP contribution is -2.40. The van der Waals surface area contributed by atoms with Crippen molar-refractivity contribution in [2.75, 3.05) is 11.4 Å². The van der Waals surface area contributed by atoms with Crippen LogP contribution < -0.4 is 4.90 Å². The number of nitriles is 1. The third-order valence-corrected chi connectivity index (χ3v) is 4.19. The zero-order valence-corrected chi connectivity index (χ0v) is 10.4. The largest absolute Gasteiger partial charge is 0.480 e. The second kappa shape index (κ2) is 4.50. The van der Waals surface area contributed by atoms with E-state index >= 15 is 0 Å². The molecule has 2 fully saturated rings. The van der Waals surface area contributed by atoms with E-state index < -0.39 is 12.0 Å². The van der Waals surface area contributed by atoms with Gasteiger partial charge in [-0.15, -0.1) is 0 Å². The molecule has 1 saturated heterocycles. The maximum Gasteiger partial charge on any atom is 0.326 e. The summed E-state index contributed by atoms with van der Waals surface area (Å²) < 4.78 is 0. The highest BCUT2D eigenvalue weighted by molar-refractivity contribution is 5.79. The molecule has 1 aromatic heterocycles. The average molecular weight is 258 g/mol. The van der Waals surface area contributed by atoms with Crippen LogP contribution >= 0.6 is 0 Å². The lowest BCUT2D eigenvalue weighted by Gasteiger charge is -2.24. The Hall–Kier alpha value is -2.16. The van der Waals surface area contributed by atoms with E-state index in [9.17, 15) is 9.90 Å². The molecule has 0 radical (unpaired) electrons. The summed E-state index contributed by atoms with van der Waals surface area (Å²) in [6.45, 7) is 0.724. The van der Waals surface area contributed by atoms with Gasteiger partial charge in [0.15, 0.2) is 5.69 Å². The van der Waals surface area contributed by atoms with Crippen LogP contribution in [0.2, 0.25) is 0 Å². The second-order valence-corrected chi connectivity index (χ2v) is 5.16. The Kier molecular flexibility index (Phi) is 2.82. The first-order chi connectivity index (χ1) is 9.20. The van der Waals surface area contributed by atoms with E-state index in [1.54, 1.807) is 0 Å². The van der Waals surface area contributed by atoms with Crippen molar-refractivity contribution in [3.05, 3.63) is 18.1 Å². The van der Waals surface area contributed by atoms with E-state index in [-0.39, 0.29) is 11.6 Å². The molecular weight excluding hydrogens is 244 g/mol. The summed E-state index contributed by atoms with van der Waals surface area (Å²) in [7, 11) is 0. The van der Waals surface area contributed by atoms with E-state index in [4.69, 9.17) is 5.26 Å². The summed E-state index contributed by atoms with van der Waals surface area (Å²) in [5.74, 6) is 0.426. The van der Waals surface area contributed by atoms with Crippen LogP contribution in [-0.4, -0.2) is 33.6 Å². The Morgan fingerprint density at radius 2 is 2.26 bits per heavy atom. The maximum atomic E-state index is 11.5. The number of nitrogens with zero attached hydrogens (tertiary/aromatic N) is 4. The minimum atomic E-state index is -0.791. The van der Waals surface area contributed by atoms with Crippen molar-refractivity contribution in [1.29, 1.82) is 5.26 Å². The lowest BCUT2D eigenvalue weighted by molar-refractivity contribution is -0.139. The third-order valence-electron chi connectivity index (χ3n) is 4.19. The molecule has 0 amide bonds. The number of carboxylic acids is 1. The van der Waals surface area contributed by atoms with Crippen LogP contribution in [0.15, 0.2) is 12.4 Å². The van der Waals surface area contributed by atoms with Crippen LogP contribution in [-0.2, 0) is 4.79 Å². The highest BCUT2D eigenvalue weighted by Gasteiger charge is 2.48. The van der Waals surface area contributed by atoms with E-state index in [0.29, 0.717) is 11.7 Å². The van der Waals surface area contributed by atoms with Gasteiger partial charge in [-0.25, -0.2) is 14.8 Å². The van der Waals surface area contributed by atoms with Crippen LogP contribution in [0.4, 0.5) is 5.82 Å².